The normalized spacial score (nSPS) is 12.5. The molecule has 0 unspecified atom stereocenters. The number of thiazole rings is 1. The van der Waals surface area contributed by atoms with E-state index in [0.717, 1.165) is 22.9 Å². The number of anilines is 1. The zero-order valence-corrected chi connectivity index (χ0v) is 18.3. The van der Waals surface area contributed by atoms with Crippen molar-refractivity contribution in [1.29, 1.82) is 0 Å². The van der Waals surface area contributed by atoms with E-state index < -0.39 is 28.7 Å². The first-order valence-electron chi connectivity index (χ1n) is 9.35. The third kappa shape index (κ3) is 4.96. The Balaban J connectivity index is 1.43. The maximum absolute atomic E-state index is 13.0. The number of alkyl halides is 3. The number of rotatable bonds is 5. The number of amides is 2. The van der Waals surface area contributed by atoms with Gasteiger partial charge in [0.1, 0.15) is 21.3 Å². The number of aromatic amines is 1. The summed E-state index contributed by atoms with van der Waals surface area (Å²) in [6, 6.07) is 3.61. The number of fused-ring (bicyclic) bond motifs is 1. The second-order valence-corrected chi connectivity index (χ2v) is 8.37. The fraction of sp³-hybridized carbons (Fsp3) is 0.150. The van der Waals surface area contributed by atoms with Gasteiger partial charge < -0.3 is 15.6 Å². The van der Waals surface area contributed by atoms with Gasteiger partial charge in [-0.1, -0.05) is 11.6 Å². The van der Waals surface area contributed by atoms with E-state index in [4.69, 9.17) is 11.6 Å². The van der Waals surface area contributed by atoms with Gasteiger partial charge in [0.15, 0.2) is 0 Å². The fourth-order valence-corrected chi connectivity index (χ4v) is 3.93. The van der Waals surface area contributed by atoms with Crippen LogP contribution in [0, 0.1) is 0 Å². The SMILES string of the molecule is C[C@@H](NC(=O)c1cnc2[nH]ccc2c1)c1ncc(C(=O)Nc2cc(C(F)(F)F)c(Cl)cn2)s1. The molecule has 13 heteroatoms. The molecule has 0 aliphatic heterocycles. The summed E-state index contributed by atoms with van der Waals surface area (Å²) in [6.07, 6.45) is 0.552. The third-order valence-corrected chi connectivity index (χ3v) is 6.01. The Kier molecular flexibility index (Phi) is 6.04. The summed E-state index contributed by atoms with van der Waals surface area (Å²) >= 11 is 6.53. The summed E-state index contributed by atoms with van der Waals surface area (Å²) in [5.41, 5.74) is -0.0893. The van der Waals surface area contributed by atoms with E-state index in [9.17, 15) is 22.8 Å². The number of hydrogen-bond donors (Lipinski definition) is 3. The van der Waals surface area contributed by atoms with E-state index >= 15 is 0 Å². The van der Waals surface area contributed by atoms with E-state index in [1.807, 2.05) is 0 Å². The van der Waals surface area contributed by atoms with Crippen molar-refractivity contribution in [2.75, 3.05) is 5.32 Å². The molecule has 0 saturated heterocycles. The number of halogens is 4. The van der Waals surface area contributed by atoms with Gasteiger partial charge in [-0.2, -0.15) is 13.2 Å². The number of carbonyl (C=O) groups excluding carboxylic acids is 2. The molecule has 170 valence electrons. The summed E-state index contributed by atoms with van der Waals surface area (Å²) in [4.78, 5) is 40.1. The van der Waals surface area contributed by atoms with Crippen LogP contribution in [-0.4, -0.2) is 31.8 Å². The molecule has 0 fully saturated rings. The Morgan fingerprint density at radius 2 is 1.91 bits per heavy atom. The highest BCUT2D eigenvalue weighted by atomic mass is 35.5. The predicted octanol–water partition coefficient (Wildman–Crippen LogP) is 4.83. The van der Waals surface area contributed by atoms with Gasteiger partial charge in [-0.15, -0.1) is 11.3 Å². The van der Waals surface area contributed by atoms with Crippen LogP contribution >= 0.6 is 22.9 Å². The van der Waals surface area contributed by atoms with Crippen LogP contribution in [0.4, 0.5) is 19.0 Å². The van der Waals surface area contributed by atoms with Crippen LogP contribution in [0.25, 0.3) is 11.0 Å². The van der Waals surface area contributed by atoms with Crippen LogP contribution in [0.1, 0.15) is 43.6 Å². The molecule has 4 heterocycles. The van der Waals surface area contributed by atoms with Crippen molar-refractivity contribution < 1.29 is 22.8 Å². The molecule has 2 amide bonds. The second kappa shape index (κ2) is 8.79. The van der Waals surface area contributed by atoms with Crippen molar-refractivity contribution in [3.63, 3.8) is 0 Å². The van der Waals surface area contributed by atoms with Crippen LogP contribution in [0.3, 0.4) is 0 Å². The first-order chi connectivity index (χ1) is 15.6. The number of hydrogen-bond acceptors (Lipinski definition) is 6. The number of nitrogens with one attached hydrogen (secondary N) is 3. The summed E-state index contributed by atoms with van der Waals surface area (Å²) in [5, 5.41) is 5.72. The topological polar surface area (TPSA) is 113 Å². The molecule has 0 aliphatic rings. The van der Waals surface area contributed by atoms with Gasteiger partial charge in [-0.05, 0) is 25.1 Å². The lowest BCUT2D eigenvalue weighted by atomic mass is 10.2. The van der Waals surface area contributed by atoms with Crippen molar-refractivity contribution in [3.8, 4) is 0 Å². The van der Waals surface area contributed by atoms with Gasteiger partial charge in [-0.25, -0.2) is 15.0 Å². The Morgan fingerprint density at radius 1 is 1.12 bits per heavy atom. The maximum Gasteiger partial charge on any atom is 0.418 e. The lowest BCUT2D eigenvalue weighted by molar-refractivity contribution is -0.137. The van der Waals surface area contributed by atoms with Crippen LogP contribution in [-0.2, 0) is 6.18 Å². The molecule has 0 aliphatic carbocycles. The summed E-state index contributed by atoms with van der Waals surface area (Å²) in [7, 11) is 0. The largest absolute Gasteiger partial charge is 0.418 e. The van der Waals surface area contributed by atoms with Gasteiger partial charge in [0.2, 0.25) is 0 Å². The minimum Gasteiger partial charge on any atom is -0.346 e. The van der Waals surface area contributed by atoms with Crippen LogP contribution in [0.2, 0.25) is 5.02 Å². The number of carbonyl (C=O) groups is 2. The molecule has 4 aromatic heterocycles. The second-order valence-electron chi connectivity index (χ2n) is 6.90. The van der Waals surface area contributed by atoms with Crippen molar-refractivity contribution in [1.82, 2.24) is 25.3 Å². The number of aromatic nitrogens is 4. The highest BCUT2D eigenvalue weighted by molar-refractivity contribution is 7.13. The van der Waals surface area contributed by atoms with E-state index in [1.54, 1.807) is 25.3 Å². The minimum absolute atomic E-state index is 0.131. The monoisotopic (exact) mass is 494 g/mol. The van der Waals surface area contributed by atoms with E-state index in [0.29, 0.717) is 22.3 Å². The lowest BCUT2D eigenvalue weighted by Gasteiger charge is -2.11. The maximum atomic E-state index is 13.0. The predicted molar refractivity (Wildman–Crippen MR) is 116 cm³/mol. The number of pyridine rings is 2. The van der Waals surface area contributed by atoms with Gasteiger partial charge in [-0.3, -0.25) is 9.59 Å². The van der Waals surface area contributed by atoms with Crippen LogP contribution < -0.4 is 10.6 Å². The number of H-pyrrole nitrogens is 1. The Hall–Kier alpha value is -3.51. The Labute approximate surface area is 193 Å². The molecule has 0 saturated carbocycles. The molecular formula is C20H14ClF3N6O2S. The highest BCUT2D eigenvalue weighted by Crippen LogP contribution is 2.35. The van der Waals surface area contributed by atoms with Gasteiger partial charge in [0, 0.05) is 24.0 Å². The van der Waals surface area contributed by atoms with Crippen molar-refractivity contribution in [2.45, 2.75) is 19.1 Å². The standard InChI is InChI=1S/C20H14ClF3N6O2S/c1-9(29-17(31)11-4-10-2-3-25-16(10)27-6-11)19-28-8-14(33-19)18(32)30-15-5-12(20(22,23)24)13(21)7-26-15/h2-9H,1H3,(H,25,27)(H,29,31)(H,26,30,32)/t9-/m1/s1. The van der Waals surface area contributed by atoms with Crippen molar-refractivity contribution in [2.24, 2.45) is 0 Å². The molecule has 4 aromatic rings. The smallest absolute Gasteiger partial charge is 0.346 e. The Bertz CT molecular complexity index is 1350. The molecule has 0 bridgehead atoms. The molecule has 8 nitrogen and oxygen atoms in total. The Morgan fingerprint density at radius 3 is 2.67 bits per heavy atom. The first kappa shape index (κ1) is 22.7. The summed E-state index contributed by atoms with van der Waals surface area (Å²) < 4.78 is 39.0. The fourth-order valence-electron chi connectivity index (χ4n) is 2.90. The summed E-state index contributed by atoms with van der Waals surface area (Å²) in [6.45, 7) is 1.69. The molecule has 0 aromatic carbocycles. The van der Waals surface area contributed by atoms with Crippen LogP contribution in [0.15, 0.2) is 43.0 Å². The zero-order valence-electron chi connectivity index (χ0n) is 16.7. The molecular weight excluding hydrogens is 481 g/mol. The molecule has 3 N–H and O–H groups in total. The average molecular weight is 495 g/mol. The zero-order chi connectivity index (χ0) is 23.8. The third-order valence-electron chi connectivity index (χ3n) is 4.53. The van der Waals surface area contributed by atoms with Gasteiger partial charge in [0.25, 0.3) is 11.8 Å². The molecule has 33 heavy (non-hydrogen) atoms. The van der Waals surface area contributed by atoms with Gasteiger partial charge >= 0.3 is 6.18 Å². The molecule has 0 radical (unpaired) electrons. The minimum atomic E-state index is -4.69. The lowest BCUT2D eigenvalue weighted by Crippen LogP contribution is -2.26. The van der Waals surface area contributed by atoms with E-state index in [-0.39, 0.29) is 16.6 Å². The van der Waals surface area contributed by atoms with Crippen LogP contribution in [0.5, 0.6) is 0 Å². The van der Waals surface area contributed by atoms with E-state index in [1.165, 1.54) is 12.4 Å². The highest BCUT2D eigenvalue weighted by Gasteiger charge is 2.34. The quantitative estimate of drug-likeness (QED) is 0.368. The average Bonchev–Trinajstić information content (AvgIpc) is 3.43. The molecule has 1 atom stereocenters. The molecule has 4 rings (SSSR count). The van der Waals surface area contributed by atoms with E-state index in [2.05, 4.69) is 30.6 Å². The van der Waals surface area contributed by atoms with Crippen molar-refractivity contribution in [3.05, 3.63) is 69.0 Å². The molecule has 0 spiro atoms. The van der Waals surface area contributed by atoms with Crippen molar-refractivity contribution >= 4 is 51.6 Å². The number of nitrogens with zero attached hydrogens (tertiary/aromatic N) is 3. The van der Waals surface area contributed by atoms with Gasteiger partial charge in [0.05, 0.1) is 28.4 Å². The first-order valence-corrected chi connectivity index (χ1v) is 10.5. The summed E-state index contributed by atoms with van der Waals surface area (Å²) in [5.74, 6) is -1.37.